The fourth-order valence-corrected chi connectivity index (χ4v) is 1.49. The number of aryl methyl sites for hydroxylation is 1. The molecule has 1 aromatic carbocycles. The first-order valence-corrected chi connectivity index (χ1v) is 4.61. The first-order valence-electron chi connectivity index (χ1n) is 4.61. The highest BCUT2D eigenvalue weighted by atomic mass is 16.7. The number of nitriles is 1. The Morgan fingerprint density at radius 2 is 2.07 bits per heavy atom. The van der Waals surface area contributed by atoms with Crippen molar-refractivity contribution >= 4 is 0 Å². The van der Waals surface area contributed by atoms with Gasteiger partial charge in [0.25, 0.3) is 0 Å². The van der Waals surface area contributed by atoms with Gasteiger partial charge in [-0.3, -0.25) is 0 Å². The van der Waals surface area contributed by atoms with Crippen LogP contribution in [0.1, 0.15) is 17.2 Å². The molecule has 0 amide bonds. The van der Waals surface area contributed by atoms with E-state index in [0.717, 1.165) is 5.56 Å². The van der Waals surface area contributed by atoms with Crippen LogP contribution in [0.5, 0.6) is 0 Å². The molecule has 0 radical (unpaired) electrons. The first-order chi connectivity index (χ1) is 7.22. The number of hydrogen-bond donors (Lipinski definition) is 2. The van der Waals surface area contributed by atoms with Gasteiger partial charge in [0, 0.05) is 0 Å². The molecule has 1 unspecified atom stereocenters. The van der Waals surface area contributed by atoms with Gasteiger partial charge in [-0.1, -0.05) is 29.8 Å². The molecule has 2 rings (SSSR count). The van der Waals surface area contributed by atoms with Crippen molar-refractivity contribution in [1.82, 2.24) is 5.48 Å². The molecule has 1 aliphatic heterocycles. The van der Waals surface area contributed by atoms with E-state index < -0.39 is 0 Å². The Bertz CT molecular complexity index is 442. The van der Waals surface area contributed by atoms with Gasteiger partial charge in [-0.2, -0.15) is 5.26 Å². The van der Waals surface area contributed by atoms with Gasteiger partial charge < -0.3 is 10.6 Å². The third-order valence-electron chi connectivity index (χ3n) is 2.37. The summed E-state index contributed by atoms with van der Waals surface area (Å²) in [5.74, 6) is 0.156. The maximum absolute atomic E-state index is 8.91. The number of nitrogens with two attached hydrogens (primary N) is 1. The first kappa shape index (κ1) is 9.56. The molecule has 0 bridgehead atoms. The van der Waals surface area contributed by atoms with E-state index in [4.69, 9.17) is 15.8 Å². The Morgan fingerprint density at radius 1 is 1.40 bits per heavy atom. The van der Waals surface area contributed by atoms with E-state index in [1.807, 2.05) is 37.3 Å². The Morgan fingerprint density at radius 3 is 2.67 bits per heavy atom. The number of benzene rings is 1. The van der Waals surface area contributed by atoms with E-state index in [1.54, 1.807) is 0 Å². The normalized spacial score (nSPS) is 19.9. The topological polar surface area (TPSA) is 71.1 Å². The lowest BCUT2D eigenvalue weighted by Crippen LogP contribution is -2.15. The van der Waals surface area contributed by atoms with E-state index in [2.05, 4.69) is 5.48 Å². The molecular weight excluding hydrogens is 190 g/mol. The molecule has 1 aromatic rings. The van der Waals surface area contributed by atoms with Crippen molar-refractivity contribution in [2.24, 2.45) is 5.73 Å². The molecule has 4 heteroatoms. The minimum Gasteiger partial charge on any atom is -0.389 e. The van der Waals surface area contributed by atoms with Crippen molar-refractivity contribution in [3.63, 3.8) is 0 Å². The monoisotopic (exact) mass is 201 g/mol. The van der Waals surface area contributed by atoms with Crippen LogP contribution >= 0.6 is 0 Å². The van der Waals surface area contributed by atoms with Gasteiger partial charge in [0.2, 0.25) is 5.88 Å². The Labute approximate surface area is 87.9 Å². The molecule has 4 nitrogen and oxygen atoms in total. The second-order valence-corrected chi connectivity index (χ2v) is 3.45. The summed E-state index contributed by atoms with van der Waals surface area (Å²) in [5.41, 5.74) is 10.8. The predicted octanol–water partition coefficient (Wildman–Crippen LogP) is 1.26. The van der Waals surface area contributed by atoms with E-state index >= 15 is 0 Å². The highest BCUT2D eigenvalue weighted by molar-refractivity contribution is 5.39. The van der Waals surface area contributed by atoms with Crippen molar-refractivity contribution in [2.75, 3.05) is 0 Å². The zero-order valence-electron chi connectivity index (χ0n) is 8.32. The van der Waals surface area contributed by atoms with Crippen LogP contribution in [0.2, 0.25) is 0 Å². The van der Waals surface area contributed by atoms with Crippen molar-refractivity contribution in [1.29, 1.82) is 5.26 Å². The largest absolute Gasteiger partial charge is 0.389 e. The molecular formula is C11H11N3O. The molecule has 3 N–H and O–H groups in total. The van der Waals surface area contributed by atoms with Crippen LogP contribution in [-0.2, 0) is 4.84 Å². The lowest BCUT2D eigenvalue weighted by atomic mass is 10.0. The maximum Gasteiger partial charge on any atom is 0.225 e. The quantitative estimate of drug-likeness (QED) is 0.717. The summed E-state index contributed by atoms with van der Waals surface area (Å²) in [4.78, 5) is 4.94. The summed E-state index contributed by atoms with van der Waals surface area (Å²) < 4.78 is 0. The minimum absolute atomic E-state index is 0.156. The molecule has 0 spiro atoms. The zero-order chi connectivity index (χ0) is 10.8. The second kappa shape index (κ2) is 3.64. The van der Waals surface area contributed by atoms with Crippen LogP contribution in [0.15, 0.2) is 35.7 Å². The predicted molar refractivity (Wildman–Crippen MR) is 55.0 cm³/mol. The van der Waals surface area contributed by atoms with Crippen LogP contribution in [0, 0.1) is 18.3 Å². The smallest absolute Gasteiger partial charge is 0.225 e. The van der Waals surface area contributed by atoms with Crippen LogP contribution < -0.4 is 11.2 Å². The fraction of sp³-hybridized carbons (Fsp3) is 0.182. The Kier molecular flexibility index (Phi) is 2.32. The van der Waals surface area contributed by atoms with Gasteiger partial charge in [-0.05, 0) is 12.5 Å². The highest BCUT2D eigenvalue weighted by Gasteiger charge is 2.27. The SMILES string of the molecule is Cc1ccc(C2NOC(N)=C2C#N)cc1. The summed E-state index contributed by atoms with van der Waals surface area (Å²) in [6.07, 6.45) is 0. The van der Waals surface area contributed by atoms with E-state index in [1.165, 1.54) is 5.56 Å². The van der Waals surface area contributed by atoms with Crippen molar-refractivity contribution in [2.45, 2.75) is 13.0 Å². The van der Waals surface area contributed by atoms with Crippen LogP contribution in [-0.4, -0.2) is 0 Å². The van der Waals surface area contributed by atoms with Crippen molar-refractivity contribution < 1.29 is 4.84 Å². The average Bonchev–Trinajstić information content (AvgIpc) is 2.61. The lowest BCUT2D eigenvalue weighted by Gasteiger charge is -2.09. The Hall–Kier alpha value is -1.99. The van der Waals surface area contributed by atoms with Crippen molar-refractivity contribution in [3.05, 3.63) is 46.8 Å². The van der Waals surface area contributed by atoms with Gasteiger partial charge in [-0.25, -0.2) is 0 Å². The van der Waals surface area contributed by atoms with E-state index in [9.17, 15) is 0 Å². The summed E-state index contributed by atoms with van der Waals surface area (Å²) in [6, 6.07) is 9.66. The molecule has 1 atom stereocenters. The molecule has 1 heterocycles. The standard InChI is InChI=1S/C11H11N3O/c1-7-2-4-8(5-3-7)10-9(6-12)11(13)15-14-10/h2-5,10,14H,13H2,1H3. The molecule has 0 saturated carbocycles. The van der Waals surface area contributed by atoms with Gasteiger partial charge in [-0.15, -0.1) is 5.48 Å². The van der Waals surface area contributed by atoms with Crippen LogP contribution in [0.25, 0.3) is 0 Å². The molecule has 15 heavy (non-hydrogen) atoms. The van der Waals surface area contributed by atoms with Gasteiger partial charge in [0.15, 0.2) is 0 Å². The third kappa shape index (κ3) is 1.65. The number of nitrogens with zero attached hydrogens (tertiary/aromatic N) is 1. The van der Waals surface area contributed by atoms with Gasteiger partial charge in [0.05, 0.1) is 0 Å². The Balaban J connectivity index is 2.34. The molecule has 0 fully saturated rings. The summed E-state index contributed by atoms with van der Waals surface area (Å²) in [7, 11) is 0. The molecule has 0 aliphatic carbocycles. The average molecular weight is 201 g/mol. The molecule has 0 aromatic heterocycles. The van der Waals surface area contributed by atoms with Crippen LogP contribution in [0.3, 0.4) is 0 Å². The third-order valence-corrected chi connectivity index (χ3v) is 2.37. The van der Waals surface area contributed by atoms with Crippen LogP contribution in [0.4, 0.5) is 0 Å². The second-order valence-electron chi connectivity index (χ2n) is 3.45. The molecule has 76 valence electrons. The zero-order valence-corrected chi connectivity index (χ0v) is 8.32. The minimum atomic E-state index is -0.254. The highest BCUT2D eigenvalue weighted by Crippen LogP contribution is 2.27. The molecule has 0 saturated heterocycles. The van der Waals surface area contributed by atoms with Gasteiger partial charge in [0.1, 0.15) is 17.7 Å². The number of rotatable bonds is 1. The number of hydrogen-bond acceptors (Lipinski definition) is 4. The fourth-order valence-electron chi connectivity index (χ4n) is 1.49. The maximum atomic E-state index is 8.91. The number of hydroxylamine groups is 1. The van der Waals surface area contributed by atoms with Gasteiger partial charge >= 0.3 is 0 Å². The summed E-state index contributed by atoms with van der Waals surface area (Å²) >= 11 is 0. The number of nitrogens with one attached hydrogen (secondary N) is 1. The summed E-state index contributed by atoms with van der Waals surface area (Å²) in [6.45, 7) is 2.01. The summed E-state index contributed by atoms with van der Waals surface area (Å²) in [5, 5.41) is 8.91. The lowest BCUT2D eigenvalue weighted by molar-refractivity contribution is 0.114. The van der Waals surface area contributed by atoms with Crippen molar-refractivity contribution in [3.8, 4) is 6.07 Å². The van der Waals surface area contributed by atoms with E-state index in [0.29, 0.717) is 5.57 Å². The van der Waals surface area contributed by atoms with E-state index in [-0.39, 0.29) is 11.9 Å². The molecule has 1 aliphatic rings.